The molecule has 0 heterocycles. The first-order valence-corrected chi connectivity index (χ1v) is 7.34. The number of nitro groups is 1. The molecule has 0 bridgehead atoms. The van der Waals surface area contributed by atoms with Crippen LogP contribution in [0.3, 0.4) is 0 Å². The number of amides is 1. The van der Waals surface area contributed by atoms with Crippen molar-refractivity contribution in [1.82, 2.24) is 4.90 Å². The molecule has 0 saturated carbocycles. The highest BCUT2D eigenvalue weighted by atomic mass is 16.6. The third-order valence-electron chi connectivity index (χ3n) is 3.42. The number of nitro benzene ring substituents is 1. The van der Waals surface area contributed by atoms with E-state index >= 15 is 0 Å². The zero-order valence-electron chi connectivity index (χ0n) is 13.6. The van der Waals surface area contributed by atoms with Crippen molar-refractivity contribution >= 4 is 17.3 Å². The molecule has 1 N–H and O–H groups in total. The van der Waals surface area contributed by atoms with Crippen molar-refractivity contribution < 1.29 is 14.5 Å². The Balaban J connectivity index is 1.93. The number of carbonyl (C=O) groups excluding carboxylic acids is 1. The average molecular weight is 329 g/mol. The number of hydrogen-bond acceptors (Lipinski definition) is 5. The van der Waals surface area contributed by atoms with E-state index in [-0.39, 0.29) is 18.1 Å². The molecule has 0 radical (unpaired) electrons. The zero-order chi connectivity index (χ0) is 17.5. The quantitative estimate of drug-likeness (QED) is 0.623. The lowest BCUT2D eigenvalue weighted by molar-refractivity contribution is -0.385. The number of nitrogens with zero attached hydrogens (tertiary/aromatic N) is 2. The number of anilines is 1. The SMILES string of the molecule is COc1ccc(NC(=O)CN(C)Cc2ccccc2[N+](=O)[O-])cc1. The summed E-state index contributed by atoms with van der Waals surface area (Å²) < 4.78 is 5.06. The Kier molecular flexibility index (Phi) is 5.86. The van der Waals surface area contributed by atoms with Crippen LogP contribution >= 0.6 is 0 Å². The molecular weight excluding hydrogens is 310 g/mol. The Hall–Kier alpha value is -2.93. The van der Waals surface area contributed by atoms with Crippen LogP contribution in [0.25, 0.3) is 0 Å². The predicted octanol–water partition coefficient (Wildman–Crippen LogP) is 2.67. The first kappa shape index (κ1) is 17.4. The average Bonchev–Trinajstić information content (AvgIpc) is 2.55. The van der Waals surface area contributed by atoms with Gasteiger partial charge in [-0.25, -0.2) is 0 Å². The highest BCUT2D eigenvalue weighted by Gasteiger charge is 2.15. The molecule has 0 aliphatic heterocycles. The lowest BCUT2D eigenvalue weighted by atomic mass is 10.1. The van der Waals surface area contributed by atoms with Crippen LogP contribution in [0.1, 0.15) is 5.56 Å². The molecule has 0 unspecified atom stereocenters. The summed E-state index contributed by atoms with van der Waals surface area (Å²) in [5, 5.41) is 13.8. The van der Waals surface area contributed by atoms with Crippen molar-refractivity contribution in [2.45, 2.75) is 6.54 Å². The van der Waals surface area contributed by atoms with Gasteiger partial charge in [0.15, 0.2) is 0 Å². The van der Waals surface area contributed by atoms with Crippen molar-refractivity contribution in [3.8, 4) is 5.75 Å². The van der Waals surface area contributed by atoms with E-state index in [0.29, 0.717) is 23.5 Å². The summed E-state index contributed by atoms with van der Waals surface area (Å²) in [5.74, 6) is 0.516. The Labute approximate surface area is 140 Å². The lowest BCUT2D eigenvalue weighted by Gasteiger charge is -2.16. The molecule has 0 aliphatic carbocycles. The second-order valence-electron chi connectivity index (χ2n) is 5.33. The zero-order valence-corrected chi connectivity index (χ0v) is 13.6. The molecule has 24 heavy (non-hydrogen) atoms. The standard InChI is InChI=1S/C17H19N3O4/c1-19(11-13-5-3-4-6-16(13)20(22)23)12-17(21)18-14-7-9-15(24-2)10-8-14/h3-10H,11-12H2,1-2H3,(H,18,21). The van der Waals surface area contributed by atoms with Crippen molar-refractivity contribution in [1.29, 1.82) is 0 Å². The van der Waals surface area contributed by atoms with E-state index in [1.807, 2.05) is 0 Å². The summed E-state index contributed by atoms with van der Waals surface area (Å²) in [7, 11) is 3.32. The molecule has 2 aromatic rings. The van der Waals surface area contributed by atoms with Crippen LogP contribution < -0.4 is 10.1 Å². The second kappa shape index (κ2) is 8.07. The third-order valence-corrected chi connectivity index (χ3v) is 3.42. The molecular formula is C17H19N3O4. The fraction of sp³-hybridized carbons (Fsp3) is 0.235. The van der Waals surface area contributed by atoms with E-state index in [2.05, 4.69) is 5.32 Å². The van der Waals surface area contributed by atoms with Crippen LogP contribution in [0, 0.1) is 10.1 Å². The van der Waals surface area contributed by atoms with Gasteiger partial charge in [0, 0.05) is 23.9 Å². The van der Waals surface area contributed by atoms with Crippen LogP contribution in [0.2, 0.25) is 0 Å². The van der Waals surface area contributed by atoms with Gasteiger partial charge in [-0.15, -0.1) is 0 Å². The van der Waals surface area contributed by atoms with Gasteiger partial charge in [-0.1, -0.05) is 18.2 Å². The first-order valence-electron chi connectivity index (χ1n) is 7.34. The molecule has 126 valence electrons. The first-order chi connectivity index (χ1) is 11.5. The van der Waals surface area contributed by atoms with Gasteiger partial charge in [-0.3, -0.25) is 19.8 Å². The smallest absolute Gasteiger partial charge is 0.273 e. The number of carbonyl (C=O) groups is 1. The number of likely N-dealkylation sites (N-methyl/N-ethyl adjacent to an activating group) is 1. The largest absolute Gasteiger partial charge is 0.497 e. The Bertz CT molecular complexity index is 716. The third kappa shape index (κ3) is 4.79. The lowest BCUT2D eigenvalue weighted by Crippen LogP contribution is -2.30. The molecule has 7 heteroatoms. The molecule has 1 amide bonds. The van der Waals surface area contributed by atoms with Gasteiger partial charge in [0.2, 0.25) is 5.91 Å². The van der Waals surface area contributed by atoms with Crippen LogP contribution in [0.5, 0.6) is 5.75 Å². The molecule has 0 fully saturated rings. The molecule has 0 aromatic heterocycles. The summed E-state index contributed by atoms with van der Waals surface area (Å²) >= 11 is 0. The van der Waals surface area contributed by atoms with E-state index < -0.39 is 4.92 Å². The molecule has 2 aromatic carbocycles. The summed E-state index contributed by atoms with van der Waals surface area (Å²) in [5.41, 5.74) is 1.29. The fourth-order valence-electron chi connectivity index (χ4n) is 2.29. The molecule has 0 spiro atoms. The number of hydrogen-bond donors (Lipinski definition) is 1. The van der Waals surface area contributed by atoms with Gasteiger partial charge >= 0.3 is 0 Å². The topological polar surface area (TPSA) is 84.7 Å². The van der Waals surface area contributed by atoms with Crippen LogP contribution in [0.4, 0.5) is 11.4 Å². The minimum absolute atomic E-state index is 0.0555. The molecule has 7 nitrogen and oxygen atoms in total. The van der Waals surface area contributed by atoms with Crippen LogP contribution in [-0.2, 0) is 11.3 Å². The summed E-state index contributed by atoms with van der Waals surface area (Å²) in [6.45, 7) is 0.436. The summed E-state index contributed by atoms with van der Waals surface area (Å²) in [6.07, 6.45) is 0. The number of benzene rings is 2. The summed E-state index contributed by atoms with van der Waals surface area (Å²) in [6, 6.07) is 13.5. The monoisotopic (exact) mass is 329 g/mol. The van der Waals surface area contributed by atoms with E-state index in [9.17, 15) is 14.9 Å². The number of para-hydroxylation sites is 1. The maximum Gasteiger partial charge on any atom is 0.273 e. The maximum atomic E-state index is 12.1. The minimum Gasteiger partial charge on any atom is -0.497 e. The number of rotatable bonds is 7. The normalized spacial score (nSPS) is 10.5. The summed E-state index contributed by atoms with van der Waals surface area (Å²) in [4.78, 5) is 24.4. The highest BCUT2D eigenvalue weighted by Crippen LogP contribution is 2.19. The second-order valence-corrected chi connectivity index (χ2v) is 5.33. The van der Waals surface area contributed by atoms with Crippen molar-refractivity contribution in [2.75, 3.05) is 26.0 Å². The Morgan fingerprint density at radius 3 is 2.50 bits per heavy atom. The Morgan fingerprint density at radius 1 is 1.21 bits per heavy atom. The number of ether oxygens (including phenoxy) is 1. The Morgan fingerprint density at radius 2 is 1.88 bits per heavy atom. The van der Waals surface area contributed by atoms with Crippen molar-refractivity contribution in [2.24, 2.45) is 0 Å². The molecule has 0 atom stereocenters. The van der Waals surface area contributed by atoms with E-state index in [1.54, 1.807) is 61.5 Å². The number of nitrogens with one attached hydrogen (secondary N) is 1. The molecule has 2 rings (SSSR count). The molecule has 0 aliphatic rings. The minimum atomic E-state index is -0.416. The highest BCUT2D eigenvalue weighted by molar-refractivity contribution is 5.92. The van der Waals surface area contributed by atoms with Gasteiger partial charge in [0.25, 0.3) is 5.69 Å². The van der Waals surface area contributed by atoms with E-state index in [0.717, 1.165) is 0 Å². The van der Waals surface area contributed by atoms with Crippen LogP contribution in [0.15, 0.2) is 48.5 Å². The van der Waals surface area contributed by atoms with Gasteiger partial charge in [0.05, 0.1) is 18.6 Å². The predicted molar refractivity (Wildman–Crippen MR) is 91.1 cm³/mol. The van der Waals surface area contributed by atoms with Gasteiger partial charge < -0.3 is 10.1 Å². The van der Waals surface area contributed by atoms with Crippen molar-refractivity contribution in [3.05, 3.63) is 64.2 Å². The molecule has 0 saturated heterocycles. The van der Waals surface area contributed by atoms with Gasteiger partial charge in [0.1, 0.15) is 5.75 Å². The maximum absolute atomic E-state index is 12.1. The number of methoxy groups -OCH3 is 1. The van der Waals surface area contributed by atoms with E-state index in [4.69, 9.17) is 4.74 Å². The van der Waals surface area contributed by atoms with Gasteiger partial charge in [-0.05, 0) is 31.3 Å². The van der Waals surface area contributed by atoms with Crippen molar-refractivity contribution in [3.63, 3.8) is 0 Å². The van der Waals surface area contributed by atoms with Crippen LogP contribution in [-0.4, -0.2) is 36.4 Å². The van der Waals surface area contributed by atoms with E-state index in [1.165, 1.54) is 6.07 Å². The fourth-order valence-corrected chi connectivity index (χ4v) is 2.29. The van der Waals surface area contributed by atoms with Gasteiger partial charge in [-0.2, -0.15) is 0 Å².